The number of hydrogen-bond acceptors (Lipinski definition) is 3. The van der Waals surface area contributed by atoms with Crippen molar-refractivity contribution in [3.8, 4) is 5.75 Å². The van der Waals surface area contributed by atoms with Crippen LogP contribution < -0.4 is 4.74 Å². The summed E-state index contributed by atoms with van der Waals surface area (Å²) in [5, 5.41) is 0. The van der Waals surface area contributed by atoms with Crippen LogP contribution in [-0.2, 0) is 9.05 Å². The minimum absolute atomic E-state index is 0.0982. The molecule has 0 atom stereocenters. The van der Waals surface area contributed by atoms with Crippen molar-refractivity contribution in [3.05, 3.63) is 24.3 Å². The van der Waals surface area contributed by atoms with Gasteiger partial charge in [-0.3, -0.25) is 0 Å². The van der Waals surface area contributed by atoms with E-state index in [1.165, 1.54) is 44.2 Å². The second-order valence-electron chi connectivity index (χ2n) is 4.53. The van der Waals surface area contributed by atoms with Crippen LogP contribution in [0.2, 0.25) is 0 Å². The molecule has 108 valence electrons. The molecular weight excluding hydrogens is 284 g/mol. The van der Waals surface area contributed by atoms with E-state index in [0.717, 1.165) is 6.42 Å². The summed E-state index contributed by atoms with van der Waals surface area (Å²) in [6.07, 6.45) is 7.30. The van der Waals surface area contributed by atoms with E-state index in [1.807, 2.05) is 0 Å². The number of rotatable bonds is 9. The summed E-state index contributed by atoms with van der Waals surface area (Å²) in [5.41, 5.74) is 0. The molecular formula is C14H21ClO3S. The zero-order valence-electron chi connectivity index (χ0n) is 11.3. The van der Waals surface area contributed by atoms with E-state index >= 15 is 0 Å². The molecule has 19 heavy (non-hydrogen) atoms. The van der Waals surface area contributed by atoms with E-state index in [1.54, 1.807) is 12.1 Å². The van der Waals surface area contributed by atoms with Gasteiger partial charge in [-0.1, -0.05) is 39.0 Å². The highest BCUT2D eigenvalue weighted by atomic mass is 35.7. The molecule has 0 aromatic heterocycles. The second kappa shape index (κ2) is 8.43. The van der Waals surface area contributed by atoms with Crippen LogP contribution in [0.1, 0.15) is 45.4 Å². The van der Waals surface area contributed by atoms with Crippen molar-refractivity contribution in [3.63, 3.8) is 0 Å². The van der Waals surface area contributed by atoms with Crippen LogP contribution in [0.15, 0.2) is 29.2 Å². The van der Waals surface area contributed by atoms with Crippen molar-refractivity contribution < 1.29 is 13.2 Å². The van der Waals surface area contributed by atoms with E-state index < -0.39 is 9.05 Å². The Hall–Kier alpha value is -0.740. The van der Waals surface area contributed by atoms with Gasteiger partial charge in [-0.05, 0) is 30.7 Å². The Balaban J connectivity index is 2.23. The Morgan fingerprint density at radius 1 is 1.00 bits per heavy atom. The molecule has 1 aromatic rings. The summed E-state index contributed by atoms with van der Waals surface area (Å²) >= 11 is 0. The van der Waals surface area contributed by atoms with Gasteiger partial charge in [0.15, 0.2) is 0 Å². The van der Waals surface area contributed by atoms with Gasteiger partial charge in [0.1, 0.15) is 5.75 Å². The monoisotopic (exact) mass is 304 g/mol. The van der Waals surface area contributed by atoms with Gasteiger partial charge in [-0.2, -0.15) is 0 Å². The molecule has 1 aromatic carbocycles. The van der Waals surface area contributed by atoms with Crippen molar-refractivity contribution in [1.29, 1.82) is 0 Å². The van der Waals surface area contributed by atoms with Crippen molar-refractivity contribution in [2.24, 2.45) is 0 Å². The molecule has 0 heterocycles. The summed E-state index contributed by atoms with van der Waals surface area (Å²) in [5.74, 6) is 0.678. The maximum Gasteiger partial charge on any atom is 0.261 e. The van der Waals surface area contributed by atoms with Crippen LogP contribution in [0.25, 0.3) is 0 Å². The second-order valence-corrected chi connectivity index (χ2v) is 7.09. The maximum absolute atomic E-state index is 11.1. The van der Waals surface area contributed by atoms with Gasteiger partial charge >= 0.3 is 0 Å². The predicted molar refractivity (Wildman–Crippen MR) is 78.4 cm³/mol. The largest absolute Gasteiger partial charge is 0.494 e. The summed E-state index contributed by atoms with van der Waals surface area (Å²) in [7, 11) is 1.59. The number of ether oxygens (including phenoxy) is 1. The maximum atomic E-state index is 11.1. The normalized spacial score (nSPS) is 11.5. The van der Waals surface area contributed by atoms with Crippen LogP contribution in [0, 0.1) is 0 Å². The van der Waals surface area contributed by atoms with Gasteiger partial charge < -0.3 is 4.74 Å². The molecule has 0 bridgehead atoms. The molecule has 0 saturated carbocycles. The third kappa shape index (κ3) is 6.83. The number of hydrogen-bond donors (Lipinski definition) is 0. The molecule has 0 N–H and O–H groups in total. The van der Waals surface area contributed by atoms with E-state index in [9.17, 15) is 8.42 Å². The highest BCUT2D eigenvalue weighted by Gasteiger charge is 2.08. The average Bonchev–Trinajstić information content (AvgIpc) is 2.37. The molecule has 0 aliphatic carbocycles. The summed E-state index contributed by atoms with van der Waals surface area (Å²) in [6.45, 7) is 2.87. The van der Waals surface area contributed by atoms with Gasteiger partial charge in [-0.25, -0.2) is 8.42 Å². The molecule has 0 fully saturated rings. The van der Waals surface area contributed by atoms with Gasteiger partial charge in [0, 0.05) is 10.7 Å². The van der Waals surface area contributed by atoms with E-state index in [4.69, 9.17) is 15.4 Å². The van der Waals surface area contributed by atoms with Crippen molar-refractivity contribution in [2.75, 3.05) is 6.61 Å². The van der Waals surface area contributed by atoms with Gasteiger partial charge in [0.05, 0.1) is 11.5 Å². The molecule has 0 unspecified atom stereocenters. The van der Waals surface area contributed by atoms with E-state index in [-0.39, 0.29) is 4.90 Å². The van der Waals surface area contributed by atoms with E-state index in [2.05, 4.69) is 6.92 Å². The lowest BCUT2D eigenvalue weighted by Gasteiger charge is -2.06. The first-order valence-corrected chi connectivity index (χ1v) is 9.02. The lowest BCUT2D eigenvalue weighted by molar-refractivity contribution is 0.304. The summed E-state index contributed by atoms with van der Waals surface area (Å²) in [6, 6.07) is 6.18. The number of halogens is 1. The standard InChI is InChI=1S/C14H21ClO3S/c1-2-3-4-5-6-7-12-18-13-8-10-14(11-9-13)19(15,16)17/h8-11H,2-7,12H2,1H3. The first kappa shape index (κ1) is 16.3. The third-order valence-electron chi connectivity index (χ3n) is 2.87. The smallest absolute Gasteiger partial charge is 0.261 e. The molecule has 0 saturated heterocycles. The fourth-order valence-corrected chi connectivity index (χ4v) is 2.54. The number of benzene rings is 1. The van der Waals surface area contributed by atoms with Gasteiger partial charge in [0.2, 0.25) is 0 Å². The van der Waals surface area contributed by atoms with Crippen LogP contribution >= 0.6 is 10.7 Å². The molecule has 5 heteroatoms. The van der Waals surface area contributed by atoms with Crippen molar-refractivity contribution in [2.45, 2.75) is 50.3 Å². The summed E-state index contributed by atoms with van der Waals surface area (Å²) in [4.78, 5) is 0.0982. The topological polar surface area (TPSA) is 43.4 Å². The SMILES string of the molecule is CCCCCCCCOc1ccc(S(=O)(=O)Cl)cc1. The third-order valence-corrected chi connectivity index (χ3v) is 4.24. The van der Waals surface area contributed by atoms with Crippen LogP contribution in [0.3, 0.4) is 0 Å². The molecule has 0 aliphatic rings. The van der Waals surface area contributed by atoms with Crippen molar-refractivity contribution in [1.82, 2.24) is 0 Å². The first-order valence-electron chi connectivity index (χ1n) is 6.71. The molecule has 0 amide bonds. The van der Waals surface area contributed by atoms with Crippen molar-refractivity contribution >= 4 is 19.7 Å². The molecule has 1 rings (SSSR count). The lowest BCUT2D eigenvalue weighted by atomic mass is 10.1. The first-order chi connectivity index (χ1) is 9.04. The Bertz CT molecular complexity index is 454. The Kier molecular flexibility index (Phi) is 7.24. The quantitative estimate of drug-likeness (QED) is 0.503. The summed E-state index contributed by atoms with van der Waals surface area (Å²) < 4.78 is 27.7. The van der Waals surface area contributed by atoms with Crippen LogP contribution in [0.4, 0.5) is 0 Å². The minimum Gasteiger partial charge on any atom is -0.494 e. The highest BCUT2D eigenvalue weighted by Crippen LogP contribution is 2.19. The lowest BCUT2D eigenvalue weighted by Crippen LogP contribution is -1.98. The zero-order valence-corrected chi connectivity index (χ0v) is 12.8. The Morgan fingerprint density at radius 2 is 1.58 bits per heavy atom. The molecule has 0 radical (unpaired) electrons. The minimum atomic E-state index is -3.64. The van der Waals surface area contributed by atoms with E-state index in [0.29, 0.717) is 12.4 Å². The van der Waals surface area contributed by atoms with Gasteiger partial charge in [-0.15, -0.1) is 0 Å². The van der Waals surface area contributed by atoms with Gasteiger partial charge in [0.25, 0.3) is 9.05 Å². The molecule has 0 spiro atoms. The Morgan fingerprint density at radius 3 is 2.16 bits per heavy atom. The highest BCUT2D eigenvalue weighted by molar-refractivity contribution is 8.13. The van der Waals surface area contributed by atoms with Crippen LogP contribution in [-0.4, -0.2) is 15.0 Å². The number of unbranched alkanes of at least 4 members (excludes halogenated alkanes) is 5. The molecule has 0 aliphatic heterocycles. The fraction of sp³-hybridized carbons (Fsp3) is 0.571. The average molecular weight is 305 g/mol. The molecule has 3 nitrogen and oxygen atoms in total. The predicted octanol–water partition coefficient (Wildman–Crippen LogP) is 4.35. The fourth-order valence-electron chi connectivity index (χ4n) is 1.77. The Labute approximate surface area is 120 Å². The zero-order chi connectivity index (χ0) is 14.1. The van der Waals surface area contributed by atoms with Crippen LogP contribution in [0.5, 0.6) is 5.75 Å².